The number of unbranched alkanes of at least 4 members (excludes halogenated alkanes) is 1. The van der Waals surface area contributed by atoms with Gasteiger partial charge in [-0.2, -0.15) is 12.6 Å². The van der Waals surface area contributed by atoms with Crippen molar-refractivity contribution in [3.8, 4) is 0 Å². The molecular weight excluding hydrogens is 801 g/mol. The maximum atomic E-state index is 13.9. The van der Waals surface area contributed by atoms with Crippen LogP contribution < -0.4 is 66.3 Å². The number of rotatable bonds is 31. The van der Waals surface area contributed by atoms with Crippen LogP contribution in [-0.2, 0) is 38.3 Å². The molecule has 0 heterocycles. The van der Waals surface area contributed by atoms with Crippen LogP contribution in [0, 0.1) is 11.8 Å². The quantitative estimate of drug-likeness (QED) is 0.0107. The van der Waals surface area contributed by atoms with Gasteiger partial charge in [0.25, 0.3) is 0 Å². The normalized spacial score (nSPS) is 14.9. The number of guanidine groups is 2. The van der Waals surface area contributed by atoms with Gasteiger partial charge >= 0.3 is 5.97 Å². The van der Waals surface area contributed by atoms with Crippen LogP contribution >= 0.6 is 12.6 Å². The number of hydrogen-bond donors (Lipinski definition) is 13. The van der Waals surface area contributed by atoms with Crippen molar-refractivity contribution < 1.29 is 38.3 Å². The number of nitrogens with one attached hydrogen (secondary N) is 6. The topological polar surface area (TPSA) is 382 Å². The minimum absolute atomic E-state index is 0.0179. The van der Waals surface area contributed by atoms with Crippen LogP contribution in [0.15, 0.2) is 9.98 Å². The smallest absolute Gasteiger partial charge is 0.325 e. The number of esters is 1. The van der Waals surface area contributed by atoms with Crippen molar-refractivity contribution in [1.82, 2.24) is 31.9 Å². The number of carbonyl (C=O) groups excluding carboxylic acids is 7. The van der Waals surface area contributed by atoms with Gasteiger partial charge in [0.1, 0.15) is 36.8 Å². The van der Waals surface area contributed by atoms with Gasteiger partial charge in [-0.1, -0.05) is 40.5 Å². The van der Waals surface area contributed by atoms with E-state index in [4.69, 9.17) is 39.1 Å². The zero-order valence-electron chi connectivity index (χ0n) is 35.8. The number of amides is 6. The lowest BCUT2D eigenvalue weighted by Crippen LogP contribution is -2.61. The summed E-state index contributed by atoms with van der Waals surface area (Å²) in [7, 11) is 0. The van der Waals surface area contributed by atoms with Crippen LogP contribution in [0.4, 0.5) is 0 Å². The zero-order chi connectivity index (χ0) is 45.8. The van der Waals surface area contributed by atoms with Crippen molar-refractivity contribution in [2.45, 2.75) is 129 Å². The van der Waals surface area contributed by atoms with Crippen molar-refractivity contribution in [1.29, 1.82) is 0 Å². The predicted octanol–water partition coefficient (Wildman–Crippen LogP) is -3.32. The third-order valence-electron chi connectivity index (χ3n) is 9.62. The Morgan fingerprint density at radius 2 is 1.05 bits per heavy atom. The first-order valence-corrected chi connectivity index (χ1v) is 21.1. The molecule has 0 aliphatic rings. The molecule has 60 heavy (non-hydrogen) atoms. The fraction of sp³-hybridized carbons (Fsp3) is 0.757. The van der Waals surface area contributed by atoms with Crippen LogP contribution in [0.5, 0.6) is 0 Å². The van der Waals surface area contributed by atoms with E-state index in [1.165, 1.54) is 0 Å². The summed E-state index contributed by atoms with van der Waals surface area (Å²) in [6.45, 7) is 9.19. The van der Waals surface area contributed by atoms with Crippen molar-refractivity contribution in [2.75, 3.05) is 38.5 Å². The molecule has 8 atom stereocenters. The van der Waals surface area contributed by atoms with Gasteiger partial charge in [0.2, 0.25) is 35.4 Å². The van der Waals surface area contributed by atoms with E-state index in [-0.39, 0.29) is 69.0 Å². The molecule has 0 saturated carbocycles. The highest BCUT2D eigenvalue weighted by Gasteiger charge is 2.34. The molecule has 0 radical (unpaired) electrons. The van der Waals surface area contributed by atoms with Gasteiger partial charge in [0, 0.05) is 18.8 Å². The van der Waals surface area contributed by atoms with Crippen molar-refractivity contribution >= 4 is 66.0 Å². The van der Waals surface area contributed by atoms with Crippen LogP contribution in [0.2, 0.25) is 0 Å². The molecule has 0 aromatic rings. The summed E-state index contributed by atoms with van der Waals surface area (Å²) >= 11 is 4.29. The zero-order valence-corrected chi connectivity index (χ0v) is 36.7. The standard InChI is InChI=1S/C37H72N14O8S/c1-6-21(4)28(39)34(57)49-25(15-12-18-45-37(42)43)32(55)51-29(22(5)7-2)35(58)50-26(20-60)33(56)48-24(14-11-17-44-36(40)41)31(54)47-23(13-9-10-16-38)30(53)46-19-27(52)59-8-3/h21-26,28-29,60H,6-20,38-39H2,1-5H3,(H,46,53)(H,47,54)(H,48,56)(H,49,57)(H,50,58)(H,51,55)(H4,40,41,44)(H4,42,43,45)/t21-,22-,23-,24-,25-,26-,28-,29-/m0/s1. The fourth-order valence-corrected chi connectivity index (χ4v) is 5.79. The van der Waals surface area contributed by atoms with Crippen molar-refractivity contribution in [3.63, 3.8) is 0 Å². The van der Waals surface area contributed by atoms with Crippen LogP contribution in [0.25, 0.3) is 0 Å². The molecule has 0 aromatic carbocycles. The third-order valence-corrected chi connectivity index (χ3v) is 9.98. The molecule has 6 amide bonds. The number of nitrogens with two attached hydrogens (primary N) is 6. The molecule has 0 aliphatic carbocycles. The highest BCUT2D eigenvalue weighted by Crippen LogP contribution is 2.12. The maximum Gasteiger partial charge on any atom is 0.325 e. The van der Waals surface area contributed by atoms with E-state index in [2.05, 4.69) is 54.5 Å². The van der Waals surface area contributed by atoms with Gasteiger partial charge in [-0.05, 0) is 70.3 Å². The van der Waals surface area contributed by atoms with Crippen LogP contribution in [-0.4, -0.2) is 128 Å². The largest absolute Gasteiger partial charge is 0.465 e. The Balaban J connectivity index is 6.31. The molecule has 0 saturated heterocycles. The minimum Gasteiger partial charge on any atom is -0.465 e. The average Bonchev–Trinajstić information content (AvgIpc) is 3.21. The Labute approximate surface area is 358 Å². The Morgan fingerprint density at radius 3 is 1.52 bits per heavy atom. The Morgan fingerprint density at radius 1 is 0.600 bits per heavy atom. The maximum absolute atomic E-state index is 13.9. The second kappa shape index (κ2) is 31.0. The molecular formula is C37H72N14O8S. The Kier molecular flexibility index (Phi) is 28.5. The molecule has 0 aliphatic heterocycles. The van der Waals surface area contributed by atoms with E-state index >= 15 is 0 Å². The molecule has 0 unspecified atom stereocenters. The number of thiol groups is 1. The lowest BCUT2D eigenvalue weighted by Gasteiger charge is -2.29. The van der Waals surface area contributed by atoms with E-state index in [0.717, 1.165) is 0 Å². The molecule has 0 spiro atoms. The Hall–Kier alpha value is -4.90. The second-order valence-corrected chi connectivity index (χ2v) is 14.8. The van der Waals surface area contributed by atoms with Crippen LogP contribution in [0.1, 0.15) is 92.4 Å². The molecule has 23 heteroatoms. The summed E-state index contributed by atoms with van der Waals surface area (Å²) in [6, 6.07) is -6.79. The molecule has 0 bridgehead atoms. The molecule has 0 rings (SSSR count). The van der Waals surface area contributed by atoms with Gasteiger partial charge in [-0.3, -0.25) is 43.5 Å². The minimum atomic E-state index is -1.30. The van der Waals surface area contributed by atoms with E-state index in [0.29, 0.717) is 38.6 Å². The number of ether oxygens (including phenoxy) is 1. The SMILES string of the molecule is CCOC(=O)CNC(=O)[C@H](CCCCN)NC(=O)[C@H](CCCN=C(N)N)NC(=O)[C@H](CS)NC(=O)[C@@H](NC(=O)[C@H](CCCN=C(N)N)NC(=O)[C@@H](N)[C@@H](C)CC)[C@@H](C)CC. The lowest BCUT2D eigenvalue weighted by atomic mass is 9.96. The number of aliphatic imine (C=N–C) groups is 2. The molecule has 0 aromatic heterocycles. The summed E-state index contributed by atoms with van der Waals surface area (Å²) in [5.41, 5.74) is 33.5. The van der Waals surface area contributed by atoms with E-state index < -0.39 is 90.1 Å². The first-order chi connectivity index (χ1) is 28.4. The Bertz CT molecular complexity index is 1430. The summed E-state index contributed by atoms with van der Waals surface area (Å²) < 4.78 is 4.87. The highest BCUT2D eigenvalue weighted by atomic mass is 32.1. The summed E-state index contributed by atoms with van der Waals surface area (Å²) in [5, 5.41) is 15.8. The highest BCUT2D eigenvalue weighted by molar-refractivity contribution is 7.80. The molecule has 18 N–H and O–H groups in total. The molecule has 344 valence electrons. The number of carbonyl (C=O) groups is 7. The van der Waals surface area contributed by atoms with E-state index in [9.17, 15) is 33.6 Å². The van der Waals surface area contributed by atoms with Gasteiger partial charge in [-0.15, -0.1) is 0 Å². The van der Waals surface area contributed by atoms with Gasteiger partial charge in [0.15, 0.2) is 11.9 Å². The van der Waals surface area contributed by atoms with E-state index in [1.54, 1.807) is 13.8 Å². The predicted molar refractivity (Wildman–Crippen MR) is 233 cm³/mol. The lowest BCUT2D eigenvalue weighted by molar-refractivity contribution is -0.143. The van der Waals surface area contributed by atoms with Crippen LogP contribution in [0.3, 0.4) is 0 Å². The number of nitrogens with zero attached hydrogens (tertiary/aromatic N) is 2. The first-order valence-electron chi connectivity index (χ1n) is 20.5. The number of hydrogen-bond acceptors (Lipinski definition) is 13. The van der Waals surface area contributed by atoms with Gasteiger partial charge < -0.3 is 71.0 Å². The van der Waals surface area contributed by atoms with E-state index in [1.807, 2.05) is 20.8 Å². The van der Waals surface area contributed by atoms with Crippen molar-refractivity contribution in [2.24, 2.45) is 56.2 Å². The summed E-state index contributed by atoms with van der Waals surface area (Å²) in [5.74, 6) is -5.89. The van der Waals surface area contributed by atoms with Gasteiger partial charge in [0.05, 0.1) is 12.6 Å². The molecule has 0 fully saturated rings. The second-order valence-electron chi connectivity index (χ2n) is 14.4. The summed E-state index contributed by atoms with van der Waals surface area (Å²) in [6.07, 6.45) is 2.94. The fourth-order valence-electron chi connectivity index (χ4n) is 5.54. The first kappa shape index (κ1) is 55.1. The average molecular weight is 873 g/mol. The monoisotopic (exact) mass is 873 g/mol. The molecule has 22 nitrogen and oxygen atoms in total. The van der Waals surface area contributed by atoms with Crippen molar-refractivity contribution in [3.05, 3.63) is 0 Å². The summed E-state index contributed by atoms with van der Waals surface area (Å²) in [4.78, 5) is 101. The van der Waals surface area contributed by atoms with Gasteiger partial charge in [-0.25, -0.2) is 0 Å². The third kappa shape index (κ3) is 22.5.